The first-order valence-corrected chi connectivity index (χ1v) is 13.8. The zero-order chi connectivity index (χ0) is 23.8. The number of hydrogen-bond acceptors (Lipinski definition) is 8. The molecule has 5 heterocycles. The summed E-state index contributed by atoms with van der Waals surface area (Å²) < 4.78 is 9.02. The number of likely N-dealkylation sites (tertiary alicyclic amines) is 2. The number of nitrogens with zero attached hydrogens (tertiary/aromatic N) is 5. The van der Waals surface area contributed by atoms with E-state index in [-0.39, 0.29) is 5.92 Å². The van der Waals surface area contributed by atoms with E-state index in [0.717, 1.165) is 66.2 Å². The van der Waals surface area contributed by atoms with E-state index >= 15 is 0 Å². The number of aromatic nitrogens is 3. The molecule has 0 unspecified atom stereocenters. The van der Waals surface area contributed by atoms with Gasteiger partial charge in [0.25, 0.3) is 0 Å². The maximum absolute atomic E-state index is 13.4. The van der Waals surface area contributed by atoms with Crippen molar-refractivity contribution in [1.29, 1.82) is 0 Å². The smallest absolute Gasteiger partial charge is 0.226 e. The van der Waals surface area contributed by atoms with Crippen LogP contribution in [0.5, 0.6) is 5.75 Å². The van der Waals surface area contributed by atoms with E-state index < -0.39 is 0 Å². The number of nitrogens with one attached hydrogen (secondary N) is 1. The topological polar surface area (TPSA) is 75.5 Å². The summed E-state index contributed by atoms with van der Waals surface area (Å²) >= 11 is 3.43. The molecule has 0 radical (unpaired) electrons. The molecule has 1 amide bonds. The Morgan fingerprint density at radius 3 is 2.83 bits per heavy atom. The molecular formula is C25H28N6O2S2. The Kier molecular flexibility index (Phi) is 4.88. The summed E-state index contributed by atoms with van der Waals surface area (Å²) in [5, 5.41) is 4.63. The number of carbonyl (C=O) groups excluding carboxylic acids is 1. The molecular weight excluding hydrogens is 480 g/mol. The van der Waals surface area contributed by atoms with Gasteiger partial charge in [0.05, 0.1) is 28.4 Å². The average molecular weight is 509 g/mol. The van der Waals surface area contributed by atoms with E-state index in [1.165, 1.54) is 20.7 Å². The van der Waals surface area contributed by atoms with E-state index in [1.807, 2.05) is 0 Å². The molecule has 0 spiro atoms. The van der Waals surface area contributed by atoms with E-state index in [0.29, 0.717) is 18.0 Å². The second-order valence-electron chi connectivity index (χ2n) is 10.1. The first kappa shape index (κ1) is 21.6. The van der Waals surface area contributed by atoms with Gasteiger partial charge < -0.3 is 15.0 Å². The van der Waals surface area contributed by atoms with Crippen LogP contribution in [-0.2, 0) is 24.7 Å². The van der Waals surface area contributed by atoms with Crippen LogP contribution in [0.3, 0.4) is 0 Å². The van der Waals surface area contributed by atoms with Crippen LogP contribution in [0, 0.1) is 5.92 Å². The van der Waals surface area contributed by atoms with Crippen LogP contribution >= 0.6 is 22.9 Å². The molecule has 182 valence electrons. The number of benzene rings is 1. The van der Waals surface area contributed by atoms with Gasteiger partial charge in [-0.2, -0.15) is 0 Å². The van der Waals surface area contributed by atoms with Crippen LogP contribution in [0.15, 0.2) is 18.5 Å². The molecule has 35 heavy (non-hydrogen) atoms. The van der Waals surface area contributed by atoms with E-state index in [2.05, 4.69) is 55.3 Å². The largest absolute Gasteiger partial charge is 0.494 e. The Labute approximate surface area is 211 Å². The monoisotopic (exact) mass is 508 g/mol. The Morgan fingerprint density at radius 1 is 1.20 bits per heavy atom. The molecule has 8 nitrogen and oxygen atoms in total. The van der Waals surface area contributed by atoms with Gasteiger partial charge in [-0.3, -0.25) is 13.7 Å². The van der Waals surface area contributed by atoms with Gasteiger partial charge in [-0.15, -0.1) is 11.3 Å². The summed E-state index contributed by atoms with van der Waals surface area (Å²) in [5.74, 6) is 2.04. The fourth-order valence-electron chi connectivity index (χ4n) is 6.21. The van der Waals surface area contributed by atoms with Gasteiger partial charge in [-0.05, 0) is 44.4 Å². The summed E-state index contributed by atoms with van der Waals surface area (Å²) in [6, 6.07) is 5.14. The number of hydrogen-bond donors (Lipinski definition) is 1. The van der Waals surface area contributed by atoms with Crippen LogP contribution < -0.4 is 10.1 Å². The number of aryl methyl sites for hydroxylation is 2. The lowest BCUT2D eigenvalue weighted by Gasteiger charge is -2.35. The van der Waals surface area contributed by atoms with Gasteiger partial charge in [0, 0.05) is 49.1 Å². The molecule has 1 aliphatic carbocycles. The molecule has 0 saturated carbocycles. The van der Waals surface area contributed by atoms with Crippen molar-refractivity contribution in [3.05, 3.63) is 28.9 Å². The summed E-state index contributed by atoms with van der Waals surface area (Å²) in [7, 11) is 5.93. The third-order valence-corrected chi connectivity index (χ3v) is 10.3. The van der Waals surface area contributed by atoms with Crippen molar-refractivity contribution in [3.8, 4) is 5.75 Å². The predicted octanol–water partition coefficient (Wildman–Crippen LogP) is 4.02. The Hall–Kier alpha value is -2.69. The highest BCUT2D eigenvalue weighted by Gasteiger charge is 2.45. The van der Waals surface area contributed by atoms with Gasteiger partial charge in [-0.1, -0.05) is 11.5 Å². The van der Waals surface area contributed by atoms with Crippen LogP contribution in [0.25, 0.3) is 20.4 Å². The fraction of sp³-hybridized carbons (Fsp3) is 0.480. The highest BCUT2D eigenvalue weighted by atomic mass is 32.1. The molecule has 3 aliphatic rings. The zero-order valence-electron chi connectivity index (χ0n) is 20.1. The number of piperazine rings is 1. The second kappa shape index (κ2) is 7.91. The molecule has 10 heteroatoms. The van der Waals surface area contributed by atoms with Crippen LogP contribution in [0.2, 0.25) is 0 Å². The quantitative estimate of drug-likeness (QED) is 0.449. The Morgan fingerprint density at radius 2 is 2.09 bits per heavy atom. The number of rotatable bonds is 4. The third-order valence-electron chi connectivity index (χ3n) is 8.10. The second-order valence-corrected chi connectivity index (χ2v) is 12.3. The maximum Gasteiger partial charge on any atom is 0.226 e. The number of anilines is 2. The molecule has 1 N–H and O–H groups in total. The number of likely N-dealkylation sites (N-methyl/N-ethyl adjacent to an activating group) is 1. The van der Waals surface area contributed by atoms with Gasteiger partial charge in [-0.25, -0.2) is 9.97 Å². The van der Waals surface area contributed by atoms with Crippen molar-refractivity contribution in [2.24, 2.45) is 13.0 Å². The molecule has 2 fully saturated rings. The van der Waals surface area contributed by atoms with E-state index in [4.69, 9.17) is 4.74 Å². The summed E-state index contributed by atoms with van der Waals surface area (Å²) in [6.45, 7) is 1.91. The standard InChI is InChI=1S/C25H28N6O2S2/c1-29-10-15-7-14(29)11-31(15)25(32)13-4-5-16-20(6-13)34-24-22(16)23(26-12-27-24)28-17-8-21-18(30(2)35-21)9-19(17)33-3/h8-9,12-15H,4-7,10-11H2,1-3H3,(H,26,27,28)/t13-,14+,15+/m0/s1. The average Bonchev–Trinajstić information content (AvgIpc) is 3.54. The minimum absolute atomic E-state index is 0.0756. The molecule has 3 atom stereocenters. The molecule has 2 aliphatic heterocycles. The first-order valence-electron chi connectivity index (χ1n) is 12.2. The molecule has 3 aromatic heterocycles. The summed E-state index contributed by atoms with van der Waals surface area (Å²) in [6.07, 6.45) is 5.35. The summed E-state index contributed by atoms with van der Waals surface area (Å²) in [5.41, 5.74) is 3.38. The fourth-order valence-corrected chi connectivity index (χ4v) is 8.35. The number of ether oxygens (including phenoxy) is 1. The Balaban J connectivity index is 1.18. The number of methoxy groups -OCH3 is 1. The predicted molar refractivity (Wildman–Crippen MR) is 140 cm³/mol. The molecule has 1 aromatic carbocycles. The SMILES string of the molecule is COc1cc2c(cc1Nc1ncnc3sc4c(c13)CC[C@H](C(=O)N1C[C@H]3C[C@@H]1CN3C)C4)sn2C. The molecule has 2 bridgehead atoms. The zero-order valence-corrected chi connectivity index (χ0v) is 21.7. The number of thiophene rings is 1. The van der Waals surface area contributed by atoms with E-state index in [9.17, 15) is 4.79 Å². The van der Waals surface area contributed by atoms with Gasteiger partial charge >= 0.3 is 0 Å². The third kappa shape index (κ3) is 3.30. The van der Waals surface area contributed by atoms with Crippen molar-refractivity contribution in [2.45, 2.75) is 37.8 Å². The first-order chi connectivity index (χ1) is 17.0. The van der Waals surface area contributed by atoms with Crippen molar-refractivity contribution in [1.82, 2.24) is 23.7 Å². The van der Waals surface area contributed by atoms with Crippen molar-refractivity contribution < 1.29 is 9.53 Å². The lowest BCUT2D eigenvalue weighted by Crippen LogP contribution is -2.49. The van der Waals surface area contributed by atoms with Gasteiger partial charge in [0.15, 0.2) is 0 Å². The minimum Gasteiger partial charge on any atom is -0.494 e. The molecule has 7 rings (SSSR count). The number of amides is 1. The van der Waals surface area contributed by atoms with Crippen LogP contribution in [0.1, 0.15) is 23.3 Å². The Bertz CT molecular complexity index is 1470. The van der Waals surface area contributed by atoms with Gasteiger partial charge in [0.2, 0.25) is 5.91 Å². The number of carbonyl (C=O) groups is 1. The lowest BCUT2D eigenvalue weighted by atomic mass is 9.86. The van der Waals surface area contributed by atoms with Crippen molar-refractivity contribution >= 4 is 60.7 Å². The van der Waals surface area contributed by atoms with Crippen LogP contribution in [0.4, 0.5) is 11.5 Å². The normalized spacial score (nSPS) is 24.0. The molecule has 4 aromatic rings. The summed E-state index contributed by atoms with van der Waals surface area (Å²) in [4.78, 5) is 29.5. The minimum atomic E-state index is 0.0756. The van der Waals surface area contributed by atoms with Gasteiger partial charge in [0.1, 0.15) is 22.7 Å². The lowest BCUT2D eigenvalue weighted by molar-refractivity contribution is -0.138. The highest BCUT2D eigenvalue weighted by Crippen LogP contribution is 2.43. The van der Waals surface area contributed by atoms with Crippen molar-refractivity contribution in [2.75, 3.05) is 32.6 Å². The molecule has 2 saturated heterocycles. The van der Waals surface area contributed by atoms with Crippen LogP contribution in [-0.4, -0.2) is 69.0 Å². The maximum atomic E-state index is 13.4. The highest BCUT2D eigenvalue weighted by molar-refractivity contribution is 7.19. The number of fused-ring (bicyclic) bond motifs is 6. The van der Waals surface area contributed by atoms with Crippen molar-refractivity contribution in [3.63, 3.8) is 0 Å². The van der Waals surface area contributed by atoms with E-state index in [1.54, 1.807) is 36.3 Å².